The minimum absolute atomic E-state index is 0.154. The van der Waals surface area contributed by atoms with Gasteiger partial charge in [-0.2, -0.15) is 0 Å². The molecule has 0 saturated heterocycles. The van der Waals surface area contributed by atoms with Crippen LogP contribution in [0.2, 0.25) is 0 Å². The SMILES string of the molecule is O=C(NC(Cc1ccccc1)C(=O)Nc1nc(-c2ccccc2)cs1)c1ccco1. The average Bonchev–Trinajstić information content (AvgIpc) is 3.47. The lowest BCUT2D eigenvalue weighted by Gasteiger charge is -2.17. The first-order valence-electron chi connectivity index (χ1n) is 9.39. The molecular weight excluding hydrogens is 398 g/mol. The number of benzene rings is 2. The van der Waals surface area contributed by atoms with Crippen LogP contribution < -0.4 is 10.6 Å². The third kappa shape index (κ3) is 4.82. The van der Waals surface area contributed by atoms with Gasteiger partial charge in [-0.3, -0.25) is 9.59 Å². The Balaban J connectivity index is 1.50. The molecule has 0 radical (unpaired) electrons. The normalized spacial score (nSPS) is 11.6. The first-order chi connectivity index (χ1) is 14.7. The van der Waals surface area contributed by atoms with Crippen molar-refractivity contribution < 1.29 is 14.0 Å². The van der Waals surface area contributed by atoms with Gasteiger partial charge < -0.3 is 15.1 Å². The molecule has 0 aliphatic heterocycles. The van der Waals surface area contributed by atoms with Crippen molar-refractivity contribution in [2.24, 2.45) is 0 Å². The maximum absolute atomic E-state index is 13.0. The number of amides is 2. The van der Waals surface area contributed by atoms with Crippen molar-refractivity contribution in [3.63, 3.8) is 0 Å². The van der Waals surface area contributed by atoms with Crippen LogP contribution in [0, 0.1) is 0 Å². The Bertz CT molecular complexity index is 1110. The van der Waals surface area contributed by atoms with Crippen LogP contribution in [0.5, 0.6) is 0 Å². The van der Waals surface area contributed by atoms with E-state index >= 15 is 0 Å². The van der Waals surface area contributed by atoms with E-state index in [1.165, 1.54) is 17.6 Å². The molecule has 1 unspecified atom stereocenters. The quantitative estimate of drug-likeness (QED) is 0.467. The molecule has 4 rings (SSSR count). The van der Waals surface area contributed by atoms with E-state index in [1.807, 2.05) is 66.0 Å². The van der Waals surface area contributed by atoms with E-state index in [0.29, 0.717) is 11.6 Å². The maximum Gasteiger partial charge on any atom is 0.287 e. The molecule has 150 valence electrons. The monoisotopic (exact) mass is 417 g/mol. The molecule has 0 fully saturated rings. The molecule has 2 aromatic heterocycles. The summed E-state index contributed by atoms with van der Waals surface area (Å²) in [7, 11) is 0. The molecule has 0 aliphatic carbocycles. The largest absolute Gasteiger partial charge is 0.459 e. The van der Waals surface area contributed by atoms with E-state index in [9.17, 15) is 9.59 Å². The molecule has 2 N–H and O–H groups in total. The molecule has 0 saturated carbocycles. The van der Waals surface area contributed by atoms with E-state index in [4.69, 9.17) is 4.42 Å². The number of furan rings is 1. The number of nitrogens with zero attached hydrogens (tertiary/aromatic N) is 1. The number of aromatic nitrogens is 1. The van der Waals surface area contributed by atoms with E-state index in [0.717, 1.165) is 16.8 Å². The Morgan fingerprint density at radius 1 is 0.967 bits per heavy atom. The van der Waals surface area contributed by atoms with E-state index < -0.39 is 11.9 Å². The second-order valence-electron chi connectivity index (χ2n) is 6.59. The van der Waals surface area contributed by atoms with Gasteiger partial charge in [0.25, 0.3) is 5.91 Å². The number of anilines is 1. The molecule has 2 aromatic carbocycles. The van der Waals surface area contributed by atoms with Gasteiger partial charge in [0.2, 0.25) is 5.91 Å². The summed E-state index contributed by atoms with van der Waals surface area (Å²) < 4.78 is 5.14. The van der Waals surface area contributed by atoms with Gasteiger partial charge in [0, 0.05) is 17.4 Å². The lowest BCUT2D eigenvalue weighted by molar-refractivity contribution is -0.118. The number of nitrogens with one attached hydrogen (secondary N) is 2. The molecule has 2 heterocycles. The number of thiazole rings is 1. The highest BCUT2D eigenvalue weighted by molar-refractivity contribution is 7.14. The predicted octanol–water partition coefficient (Wildman–Crippen LogP) is 4.38. The van der Waals surface area contributed by atoms with Crippen molar-refractivity contribution in [3.8, 4) is 11.3 Å². The van der Waals surface area contributed by atoms with Crippen molar-refractivity contribution in [2.75, 3.05) is 5.32 Å². The zero-order valence-electron chi connectivity index (χ0n) is 15.9. The first kappa shape index (κ1) is 19.6. The molecule has 4 aromatic rings. The van der Waals surface area contributed by atoms with Gasteiger partial charge in [0.05, 0.1) is 12.0 Å². The lowest BCUT2D eigenvalue weighted by Crippen LogP contribution is -2.45. The number of rotatable bonds is 7. The van der Waals surface area contributed by atoms with Crippen molar-refractivity contribution in [1.82, 2.24) is 10.3 Å². The molecule has 6 nitrogen and oxygen atoms in total. The van der Waals surface area contributed by atoms with E-state index in [2.05, 4.69) is 15.6 Å². The number of hydrogen-bond acceptors (Lipinski definition) is 5. The second-order valence-corrected chi connectivity index (χ2v) is 7.44. The van der Waals surface area contributed by atoms with Gasteiger partial charge in [-0.15, -0.1) is 11.3 Å². The smallest absolute Gasteiger partial charge is 0.287 e. The maximum atomic E-state index is 13.0. The molecule has 0 bridgehead atoms. The minimum atomic E-state index is -0.783. The van der Waals surface area contributed by atoms with Gasteiger partial charge in [-0.1, -0.05) is 60.7 Å². The van der Waals surface area contributed by atoms with Crippen LogP contribution in [-0.2, 0) is 11.2 Å². The average molecular weight is 417 g/mol. The summed E-state index contributed by atoms with van der Waals surface area (Å²) in [5.74, 6) is -0.630. The van der Waals surface area contributed by atoms with Crippen molar-refractivity contribution in [2.45, 2.75) is 12.5 Å². The lowest BCUT2D eigenvalue weighted by atomic mass is 10.1. The predicted molar refractivity (Wildman–Crippen MR) is 116 cm³/mol. The second kappa shape index (κ2) is 9.19. The highest BCUT2D eigenvalue weighted by atomic mass is 32.1. The molecule has 1 atom stereocenters. The van der Waals surface area contributed by atoms with E-state index in [-0.39, 0.29) is 11.7 Å². The fraction of sp³-hybridized carbons (Fsp3) is 0.0870. The van der Waals surface area contributed by atoms with E-state index in [1.54, 1.807) is 12.1 Å². The topological polar surface area (TPSA) is 84.2 Å². The van der Waals surface area contributed by atoms with Crippen LogP contribution in [0.3, 0.4) is 0 Å². The zero-order chi connectivity index (χ0) is 20.8. The summed E-state index contributed by atoms with van der Waals surface area (Å²) in [5, 5.41) is 7.95. The fourth-order valence-corrected chi connectivity index (χ4v) is 3.68. The zero-order valence-corrected chi connectivity index (χ0v) is 16.8. The van der Waals surface area contributed by atoms with Gasteiger partial charge >= 0.3 is 0 Å². The number of carbonyl (C=O) groups excluding carboxylic acids is 2. The Labute approximate surface area is 177 Å². The van der Waals surface area contributed by atoms with Gasteiger partial charge in [0.15, 0.2) is 10.9 Å². The summed E-state index contributed by atoms with van der Waals surface area (Å²) in [6.45, 7) is 0. The summed E-state index contributed by atoms with van der Waals surface area (Å²) in [4.78, 5) is 29.9. The molecule has 7 heteroatoms. The van der Waals surface area contributed by atoms with Crippen molar-refractivity contribution in [3.05, 3.63) is 95.8 Å². The summed E-state index contributed by atoms with van der Waals surface area (Å²) in [6.07, 6.45) is 1.76. The van der Waals surface area contributed by atoms with Crippen LogP contribution in [0.25, 0.3) is 11.3 Å². The fourth-order valence-electron chi connectivity index (χ4n) is 2.96. The Hall–Kier alpha value is -3.71. The Kier molecular flexibility index (Phi) is 6.01. The number of hydrogen-bond donors (Lipinski definition) is 2. The first-order valence-corrected chi connectivity index (χ1v) is 10.3. The molecule has 30 heavy (non-hydrogen) atoms. The van der Waals surface area contributed by atoms with Crippen LogP contribution in [0.4, 0.5) is 5.13 Å². The van der Waals surface area contributed by atoms with Crippen LogP contribution in [0.1, 0.15) is 16.1 Å². The van der Waals surface area contributed by atoms with Crippen molar-refractivity contribution >= 4 is 28.3 Å². The third-order valence-corrected chi connectivity index (χ3v) is 5.21. The Morgan fingerprint density at radius 2 is 1.70 bits per heavy atom. The standard InChI is InChI=1S/C23H19N3O3S/c27-21(26-23-25-19(15-30-23)17-10-5-2-6-11-17)18(14-16-8-3-1-4-9-16)24-22(28)20-12-7-13-29-20/h1-13,15,18H,14H2,(H,24,28)(H,25,26,27). The summed E-state index contributed by atoms with van der Waals surface area (Å²) in [5.41, 5.74) is 2.69. The highest BCUT2D eigenvalue weighted by Gasteiger charge is 2.24. The van der Waals surface area contributed by atoms with Crippen LogP contribution in [0.15, 0.2) is 88.9 Å². The van der Waals surface area contributed by atoms with Crippen molar-refractivity contribution in [1.29, 1.82) is 0 Å². The number of carbonyl (C=O) groups is 2. The van der Waals surface area contributed by atoms with Crippen LogP contribution >= 0.6 is 11.3 Å². The summed E-state index contributed by atoms with van der Waals surface area (Å²) in [6, 6.07) is 21.7. The minimum Gasteiger partial charge on any atom is -0.459 e. The Morgan fingerprint density at radius 3 is 2.40 bits per heavy atom. The van der Waals surface area contributed by atoms with Crippen LogP contribution in [-0.4, -0.2) is 22.8 Å². The van der Waals surface area contributed by atoms with Gasteiger partial charge in [0.1, 0.15) is 6.04 Å². The van der Waals surface area contributed by atoms with Gasteiger partial charge in [-0.05, 0) is 17.7 Å². The molecule has 0 aliphatic rings. The molecular formula is C23H19N3O3S. The molecule has 0 spiro atoms. The highest BCUT2D eigenvalue weighted by Crippen LogP contribution is 2.24. The third-order valence-electron chi connectivity index (χ3n) is 4.45. The van der Waals surface area contributed by atoms with Gasteiger partial charge in [-0.25, -0.2) is 4.98 Å². The summed E-state index contributed by atoms with van der Waals surface area (Å²) >= 11 is 1.34. The molecule has 2 amide bonds.